The molecule has 1 aliphatic rings. The van der Waals surface area contributed by atoms with Crippen LogP contribution in [0.3, 0.4) is 0 Å². The van der Waals surface area contributed by atoms with Gasteiger partial charge in [0, 0.05) is 29.7 Å². The summed E-state index contributed by atoms with van der Waals surface area (Å²) in [6.07, 6.45) is 6.90. The first-order chi connectivity index (χ1) is 16.8. The van der Waals surface area contributed by atoms with Gasteiger partial charge in [-0.05, 0) is 42.0 Å². The van der Waals surface area contributed by atoms with Crippen LogP contribution >= 0.6 is 23.2 Å². The molecule has 9 nitrogen and oxygen atoms in total. The van der Waals surface area contributed by atoms with Crippen LogP contribution < -0.4 is 16.4 Å². The number of benzene rings is 1. The Labute approximate surface area is 210 Å². The van der Waals surface area contributed by atoms with Crippen molar-refractivity contribution < 1.29 is 9.72 Å². The van der Waals surface area contributed by atoms with Crippen LogP contribution in [0.4, 0.5) is 23.1 Å². The molecule has 0 saturated carbocycles. The minimum atomic E-state index is -0.583. The van der Waals surface area contributed by atoms with Crippen LogP contribution in [0.5, 0.6) is 0 Å². The molecule has 0 bridgehead atoms. The van der Waals surface area contributed by atoms with Gasteiger partial charge in [0.05, 0.1) is 21.6 Å². The number of allylic oxidation sites excluding steroid dienone is 4. The minimum Gasteiger partial charge on any atom is -0.378 e. The Hall–Kier alpha value is -3.95. The van der Waals surface area contributed by atoms with Gasteiger partial charge in [-0.2, -0.15) is 0 Å². The molecule has 2 heterocycles. The number of halogens is 2. The standard InChI is InChI=1S/C24H20Cl2N6O3/c25-14-5-6-17(18(26)13-14)23-16(15-3-1-2-4-20(15)33)7-9-21(30-23)28-11-12-29-22-10-8-19(32(34)35)24(27)31-22/h1-10,13,15H,11-12H2,(H,28,30)(H3,27,29,31). The molecule has 0 spiro atoms. The van der Waals surface area contributed by atoms with E-state index in [1.54, 1.807) is 30.3 Å². The van der Waals surface area contributed by atoms with Gasteiger partial charge in [0.25, 0.3) is 0 Å². The van der Waals surface area contributed by atoms with Gasteiger partial charge >= 0.3 is 5.69 Å². The van der Waals surface area contributed by atoms with Crippen molar-refractivity contribution in [2.75, 3.05) is 29.5 Å². The van der Waals surface area contributed by atoms with E-state index in [1.165, 1.54) is 18.2 Å². The van der Waals surface area contributed by atoms with Gasteiger partial charge < -0.3 is 16.4 Å². The van der Waals surface area contributed by atoms with E-state index in [-0.39, 0.29) is 17.3 Å². The number of pyridine rings is 2. The zero-order chi connectivity index (χ0) is 24.9. The van der Waals surface area contributed by atoms with Crippen molar-refractivity contribution in [1.29, 1.82) is 0 Å². The molecule has 35 heavy (non-hydrogen) atoms. The number of nitrogens with two attached hydrogens (primary N) is 1. The van der Waals surface area contributed by atoms with Gasteiger partial charge in [0.1, 0.15) is 11.6 Å². The van der Waals surface area contributed by atoms with E-state index in [9.17, 15) is 14.9 Å². The molecule has 0 amide bonds. The highest BCUT2D eigenvalue weighted by atomic mass is 35.5. The zero-order valence-electron chi connectivity index (χ0n) is 18.2. The fraction of sp³-hybridized carbons (Fsp3) is 0.125. The van der Waals surface area contributed by atoms with Crippen LogP contribution in [0.2, 0.25) is 10.0 Å². The molecular weight excluding hydrogens is 491 g/mol. The molecule has 3 aromatic rings. The highest BCUT2D eigenvalue weighted by molar-refractivity contribution is 6.36. The lowest BCUT2D eigenvalue weighted by Gasteiger charge is -2.18. The number of nitrogen functional groups attached to an aromatic ring is 1. The smallest absolute Gasteiger partial charge is 0.311 e. The van der Waals surface area contributed by atoms with E-state index in [2.05, 4.69) is 15.6 Å². The predicted octanol–water partition coefficient (Wildman–Crippen LogP) is 5.24. The van der Waals surface area contributed by atoms with Gasteiger partial charge in [0.2, 0.25) is 5.82 Å². The minimum absolute atomic E-state index is 0.0413. The molecule has 4 rings (SSSR count). The summed E-state index contributed by atoms with van der Waals surface area (Å²) in [5, 5.41) is 18.1. The maximum absolute atomic E-state index is 12.5. The van der Waals surface area contributed by atoms with Crippen molar-refractivity contribution in [3.63, 3.8) is 0 Å². The normalized spacial score (nSPS) is 14.7. The first kappa shape index (κ1) is 24.2. The lowest BCUT2D eigenvalue weighted by atomic mass is 9.88. The second-order valence-electron chi connectivity index (χ2n) is 7.59. The van der Waals surface area contributed by atoms with Crippen LogP contribution in [0.1, 0.15) is 11.5 Å². The summed E-state index contributed by atoms with van der Waals surface area (Å²) in [5.41, 5.74) is 7.35. The number of anilines is 3. The summed E-state index contributed by atoms with van der Waals surface area (Å²) in [6, 6.07) is 11.6. The van der Waals surface area contributed by atoms with Crippen LogP contribution in [0, 0.1) is 10.1 Å². The molecule has 2 aromatic heterocycles. The van der Waals surface area contributed by atoms with Crippen LogP contribution in [0.25, 0.3) is 11.3 Å². The van der Waals surface area contributed by atoms with Gasteiger partial charge in [0.15, 0.2) is 5.78 Å². The molecule has 0 saturated heterocycles. The number of carbonyl (C=O) groups excluding carboxylic acids is 1. The maximum atomic E-state index is 12.5. The van der Waals surface area contributed by atoms with E-state index in [4.69, 9.17) is 33.9 Å². The average Bonchev–Trinajstić information content (AvgIpc) is 2.82. The monoisotopic (exact) mass is 510 g/mol. The number of nitrogens with one attached hydrogen (secondary N) is 2. The Bertz CT molecular complexity index is 1360. The summed E-state index contributed by atoms with van der Waals surface area (Å²) < 4.78 is 0. The number of aromatic nitrogens is 2. The average molecular weight is 511 g/mol. The SMILES string of the molecule is Nc1nc(NCCNc2ccc(C3C=CC=CC3=O)c(-c3ccc(Cl)cc3Cl)n2)ccc1[N+](=O)[O-]. The summed E-state index contributed by atoms with van der Waals surface area (Å²) in [5.74, 6) is 0.331. The quantitative estimate of drug-likeness (QED) is 0.212. The van der Waals surface area contributed by atoms with E-state index >= 15 is 0 Å². The van der Waals surface area contributed by atoms with E-state index in [1.807, 2.05) is 18.2 Å². The summed E-state index contributed by atoms with van der Waals surface area (Å²) in [7, 11) is 0. The third kappa shape index (κ3) is 5.59. The van der Waals surface area contributed by atoms with Crippen molar-refractivity contribution in [3.8, 4) is 11.3 Å². The van der Waals surface area contributed by atoms with Crippen LogP contribution in [-0.2, 0) is 4.79 Å². The molecule has 1 aromatic carbocycles. The van der Waals surface area contributed by atoms with Gasteiger partial charge in [-0.15, -0.1) is 0 Å². The highest BCUT2D eigenvalue weighted by Gasteiger charge is 2.23. The summed E-state index contributed by atoms with van der Waals surface area (Å²) in [6.45, 7) is 0.906. The first-order valence-corrected chi connectivity index (χ1v) is 11.3. The molecule has 0 aliphatic heterocycles. The van der Waals surface area contributed by atoms with Crippen molar-refractivity contribution in [2.45, 2.75) is 5.92 Å². The topological polar surface area (TPSA) is 136 Å². The summed E-state index contributed by atoms with van der Waals surface area (Å²) >= 11 is 12.5. The van der Waals surface area contributed by atoms with Crippen LogP contribution in [-0.4, -0.2) is 33.8 Å². The predicted molar refractivity (Wildman–Crippen MR) is 138 cm³/mol. The molecule has 1 atom stereocenters. The Morgan fingerprint density at radius 2 is 1.71 bits per heavy atom. The Morgan fingerprint density at radius 3 is 2.37 bits per heavy atom. The number of rotatable bonds is 8. The maximum Gasteiger partial charge on any atom is 0.311 e. The fourth-order valence-electron chi connectivity index (χ4n) is 3.60. The van der Waals surface area contributed by atoms with Gasteiger partial charge in [-0.3, -0.25) is 14.9 Å². The van der Waals surface area contributed by atoms with E-state index in [0.717, 1.165) is 5.56 Å². The third-order valence-electron chi connectivity index (χ3n) is 5.27. The second kappa shape index (κ2) is 10.5. The number of nitro groups is 1. The molecule has 4 N–H and O–H groups in total. The largest absolute Gasteiger partial charge is 0.378 e. The number of carbonyl (C=O) groups is 1. The molecule has 178 valence electrons. The van der Waals surface area contributed by atoms with E-state index < -0.39 is 10.8 Å². The number of hydrogen-bond acceptors (Lipinski definition) is 8. The van der Waals surface area contributed by atoms with Crippen LogP contribution in [0.15, 0.2) is 66.8 Å². The second-order valence-corrected chi connectivity index (χ2v) is 8.44. The highest BCUT2D eigenvalue weighted by Crippen LogP contribution is 2.36. The van der Waals surface area contributed by atoms with Crippen molar-refractivity contribution in [1.82, 2.24) is 9.97 Å². The van der Waals surface area contributed by atoms with Gasteiger partial charge in [-0.1, -0.05) is 47.5 Å². The Kier molecular flexibility index (Phi) is 7.28. The zero-order valence-corrected chi connectivity index (χ0v) is 19.8. The van der Waals surface area contributed by atoms with Gasteiger partial charge in [-0.25, -0.2) is 9.97 Å². The number of nitrogens with zero attached hydrogens (tertiary/aromatic N) is 3. The summed E-state index contributed by atoms with van der Waals surface area (Å²) in [4.78, 5) is 31.6. The van der Waals surface area contributed by atoms with Crippen molar-refractivity contribution in [2.24, 2.45) is 0 Å². The molecule has 0 radical (unpaired) electrons. The molecule has 1 unspecified atom stereocenters. The first-order valence-electron chi connectivity index (χ1n) is 10.6. The Balaban J connectivity index is 1.52. The molecular formula is C24H20Cl2N6O3. The molecule has 11 heteroatoms. The molecule has 1 aliphatic carbocycles. The van der Waals surface area contributed by atoms with Crippen molar-refractivity contribution >= 4 is 52.1 Å². The van der Waals surface area contributed by atoms with E-state index in [0.29, 0.717) is 46.0 Å². The lowest BCUT2D eigenvalue weighted by molar-refractivity contribution is -0.384. The molecule has 0 fully saturated rings. The number of ketones is 1. The van der Waals surface area contributed by atoms with Crippen molar-refractivity contribution in [3.05, 3.63) is 92.5 Å². The number of hydrogen-bond donors (Lipinski definition) is 3. The fourth-order valence-corrected chi connectivity index (χ4v) is 4.10. The Morgan fingerprint density at radius 1 is 1.00 bits per heavy atom. The lowest BCUT2D eigenvalue weighted by Crippen LogP contribution is -2.16. The third-order valence-corrected chi connectivity index (χ3v) is 5.81.